The molecule has 0 radical (unpaired) electrons. The maximum Gasteiger partial charge on any atom is 0.281 e. The van der Waals surface area contributed by atoms with Crippen molar-refractivity contribution >= 4 is 33.4 Å². The highest BCUT2D eigenvalue weighted by atomic mass is 35.5. The molecule has 0 atom stereocenters. The predicted molar refractivity (Wildman–Crippen MR) is 84.4 cm³/mol. The minimum absolute atomic E-state index is 0.260. The van der Waals surface area contributed by atoms with Crippen molar-refractivity contribution in [1.82, 2.24) is 8.61 Å². The Kier molecular flexibility index (Phi) is 6.75. The Morgan fingerprint density at radius 1 is 1.10 bits per heavy atom. The van der Waals surface area contributed by atoms with Crippen molar-refractivity contribution in [2.45, 2.75) is 26.3 Å². The summed E-state index contributed by atoms with van der Waals surface area (Å²) in [6, 6.07) is 5.12. The Morgan fingerprint density at radius 3 is 2.30 bits per heavy atom. The van der Waals surface area contributed by atoms with Gasteiger partial charge in [-0.15, -0.1) is 0 Å². The molecular weight excluding hydrogens is 319 g/mol. The van der Waals surface area contributed by atoms with E-state index in [0.717, 1.165) is 18.4 Å². The molecule has 114 valence electrons. The molecule has 1 aromatic rings. The summed E-state index contributed by atoms with van der Waals surface area (Å²) < 4.78 is 27.2. The number of hydrogen-bond donors (Lipinski definition) is 0. The molecule has 0 bridgehead atoms. The van der Waals surface area contributed by atoms with Gasteiger partial charge in [0.25, 0.3) is 10.2 Å². The van der Waals surface area contributed by atoms with Crippen LogP contribution < -0.4 is 0 Å². The average molecular weight is 339 g/mol. The van der Waals surface area contributed by atoms with Crippen LogP contribution in [0.1, 0.15) is 25.3 Å². The van der Waals surface area contributed by atoms with Gasteiger partial charge in [0.2, 0.25) is 0 Å². The first kappa shape index (κ1) is 17.7. The summed E-state index contributed by atoms with van der Waals surface area (Å²) in [5.41, 5.74) is 0.800. The van der Waals surface area contributed by atoms with Gasteiger partial charge in [0, 0.05) is 27.2 Å². The molecule has 1 aromatic carbocycles. The topological polar surface area (TPSA) is 40.6 Å². The zero-order chi connectivity index (χ0) is 15.3. The number of nitrogens with zero attached hydrogens (tertiary/aromatic N) is 2. The van der Waals surface area contributed by atoms with Gasteiger partial charge in [-0.1, -0.05) is 42.6 Å². The van der Waals surface area contributed by atoms with Gasteiger partial charge >= 0.3 is 0 Å². The van der Waals surface area contributed by atoms with Gasteiger partial charge in [0.05, 0.1) is 10.0 Å². The van der Waals surface area contributed by atoms with E-state index in [4.69, 9.17) is 23.2 Å². The summed E-state index contributed by atoms with van der Waals surface area (Å²) in [5.74, 6) is 0. The fourth-order valence-electron chi connectivity index (χ4n) is 1.71. The van der Waals surface area contributed by atoms with Gasteiger partial charge < -0.3 is 0 Å². The van der Waals surface area contributed by atoms with E-state index >= 15 is 0 Å². The van der Waals surface area contributed by atoms with Crippen LogP contribution in [-0.2, 0) is 16.8 Å². The fraction of sp³-hybridized carbons (Fsp3) is 0.538. The lowest BCUT2D eigenvalue weighted by atomic mass is 10.2. The summed E-state index contributed by atoms with van der Waals surface area (Å²) in [5, 5.41) is 0.885. The third-order valence-corrected chi connectivity index (χ3v) is 5.63. The van der Waals surface area contributed by atoms with Gasteiger partial charge in [-0.3, -0.25) is 0 Å². The highest BCUT2D eigenvalue weighted by Crippen LogP contribution is 2.23. The largest absolute Gasteiger partial charge is 0.281 e. The lowest BCUT2D eigenvalue weighted by Crippen LogP contribution is -2.39. The van der Waals surface area contributed by atoms with E-state index in [0.29, 0.717) is 16.6 Å². The molecule has 7 heteroatoms. The number of benzene rings is 1. The highest BCUT2D eigenvalue weighted by Gasteiger charge is 2.23. The second-order valence-corrected chi connectivity index (χ2v) is 7.64. The van der Waals surface area contributed by atoms with E-state index in [-0.39, 0.29) is 6.54 Å². The van der Waals surface area contributed by atoms with Gasteiger partial charge in [0.1, 0.15) is 0 Å². The van der Waals surface area contributed by atoms with Crippen LogP contribution in [0.15, 0.2) is 18.2 Å². The van der Waals surface area contributed by atoms with Crippen LogP contribution in [0.5, 0.6) is 0 Å². The lowest BCUT2D eigenvalue weighted by molar-refractivity contribution is 0.385. The maximum absolute atomic E-state index is 12.3. The van der Waals surface area contributed by atoms with Gasteiger partial charge in [-0.25, -0.2) is 0 Å². The normalized spacial score (nSPS) is 12.3. The molecule has 1 rings (SSSR count). The summed E-state index contributed by atoms with van der Waals surface area (Å²) in [6.45, 7) is 2.81. The highest BCUT2D eigenvalue weighted by molar-refractivity contribution is 7.86. The SMILES string of the molecule is CCCCN(C)S(=O)(=O)N(C)Cc1ccc(Cl)c(Cl)c1. The molecule has 0 spiro atoms. The second kappa shape index (κ2) is 7.61. The maximum atomic E-state index is 12.3. The molecule has 0 heterocycles. The monoisotopic (exact) mass is 338 g/mol. The van der Waals surface area contributed by atoms with Crippen LogP contribution in [0.4, 0.5) is 0 Å². The van der Waals surface area contributed by atoms with Crippen molar-refractivity contribution in [3.8, 4) is 0 Å². The van der Waals surface area contributed by atoms with Gasteiger partial charge in [-0.05, 0) is 24.1 Å². The molecule has 20 heavy (non-hydrogen) atoms. The van der Waals surface area contributed by atoms with E-state index in [9.17, 15) is 8.42 Å². The summed E-state index contributed by atoms with van der Waals surface area (Å²) in [6.07, 6.45) is 1.80. The first-order chi connectivity index (χ1) is 9.28. The minimum atomic E-state index is -3.44. The molecule has 0 unspecified atom stereocenters. The molecular formula is C13H20Cl2N2O2S. The fourth-order valence-corrected chi connectivity index (χ4v) is 3.18. The summed E-state index contributed by atoms with van der Waals surface area (Å²) in [4.78, 5) is 0. The van der Waals surface area contributed by atoms with E-state index < -0.39 is 10.2 Å². The molecule has 4 nitrogen and oxygen atoms in total. The Hall–Kier alpha value is -0.330. The molecule has 0 saturated carbocycles. The number of halogens is 2. The number of hydrogen-bond acceptors (Lipinski definition) is 2. The first-order valence-electron chi connectivity index (χ1n) is 6.40. The quantitative estimate of drug-likeness (QED) is 0.764. The predicted octanol–water partition coefficient (Wildman–Crippen LogP) is 3.40. The van der Waals surface area contributed by atoms with E-state index in [2.05, 4.69) is 0 Å². The zero-order valence-electron chi connectivity index (χ0n) is 11.9. The average Bonchev–Trinajstić information content (AvgIpc) is 2.39. The van der Waals surface area contributed by atoms with Crippen LogP contribution in [0.25, 0.3) is 0 Å². The molecule has 0 saturated heterocycles. The molecule has 0 aliphatic carbocycles. The zero-order valence-corrected chi connectivity index (χ0v) is 14.3. The first-order valence-corrected chi connectivity index (χ1v) is 8.55. The van der Waals surface area contributed by atoms with Crippen LogP contribution in [-0.4, -0.2) is 37.7 Å². The van der Waals surface area contributed by atoms with Gasteiger partial charge in [-0.2, -0.15) is 17.0 Å². The van der Waals surface area contributed by atoms with Crippen LogP contribution >= 0.6 is 23.2 Å². The van der Waals surface area contributed by atoms with Crippen LogP contribution in [0, 0.1) is 0 Å². The second-order valence-electron chi connectivity index (χ2n) is 4.69. The van der Waals surface area contributed by atoms with Crippen molar-refractivity contribution in [3.63, 3.8) is 0 Å². The Morgan fingerprint density at radius 2 is 1.75 bits per heavy atom. The van der Waals surface area contributed by atoms with E-state index in [1.807, 2.05) is 6.92 Å². The molecule has 0 aromatic heterocycles. The van der Waals surface area contributed by atoms with Crippen molar-refractivity contribution in [1.29, 1.82) is 0 Å². The van der Waals surface area contributed by atoms with Crippen LogP contribution in [0.3, 0.4) is 0 Å². The van der Waals surface area contributed by atoms with Crippen molar-refractivity contribution in [3.05, 3.63) is 33.8 Å². The standard InChI is InChI=1S/C13H20Cl2N2O2S/c1-4-5-8-16(2)20(18,19)17(3)10-11-6-7-12(14)13(15)9-11/h6-7,9H,4-5,8,10H2,1-3H3. The Balaban J connectivity index is 2.78. The van der Waals surface area contributed by atoms with Crippen LogP contribution in [0.2, 0.25) is 10.0 Å². The Bertz CT molecular complexity index is 549. The smallest absolute Gasteiger partial charge is 0.195 e. The Labute approximate surface area is 131 Å². The molecule has 0 aliphatic heterocycles. The van der Waals surface area contributed by atoms with E-state index in [1.54, 1.807) is 32.3 Å². The molecule has 0 aliphatic rings. The van der Waals surface area contributed by atoms with Crippen molar-refractivity contribution < 1.29 is 8.42 Å². The number of rotatable bonds is 7. The molecule has 0 N–H and O–H groups in total. The third kappa shape index (κ3) is 4.60. The third-order valence-electron chi connectivity index (χ3n) is 3.00. The minimum Gasteiger partial charge on any atom is -0.195 e. The van der Waals surface area contributed by atoms with Gasteiger partial charge in [0.15, 0.2) is 0 Å². The summed E-state index contributed by atoms with van der Waals surface area (Å²) >= 11 is 11.8. The van der Waals surface area contributed by atoms with Crippen molar-refractivity contribution in [2.75, 3.05) is 20.6 Å². The number of unbranched alkanes of at least 4 members (excludes halogenated alkanes) is 1. The summed E-state index contributed by atoms with van der Waals surface area (Å²) in [7, 11) is -0.292. The molecule has 0 amide bonds. The van der Waals surface area contributed by atoms with E-state index in [1.165, 1.54) is 8.61 Å². The van der Waals surface area contributed by atoms with Crippen molar-refractivity contribution in [2.24, 2.45) is 0 Å². The lowest BCUT2D eigenvalue weighted by Gasteiger charge is -2.24. The molecule has 0 fully saturated rings.